The Hall–Kier alpha value is -1.57. The third-order valence-electron chi connectivity index (χ3n) is 2.86. The van der Waals surface area contributed by atoms with Gasteiger partial charge in [-0.05, 0) is 24.5 Å². The van der Waals surface area contributed by atoms with Crippen molar-refractivity contribution in [1.29, 1.82) is 0 Å². The van der Waals surface area contributed by atoms with Crippen LogP contribution in [0.5, 0.6) is 0 Å². The molecule has 0 bridgehead atoms. The first-order valence-electron chi connectivity index (χ1n) is 5.56. The summed E-state index contributed by atoms with van der Waals surface area (Å²) < 4.78 is 0. The number of rotatable bonds is 1. The van der Waals surface area contributed by atoms with Gasteiger partial charge in [0.2, 0.25) is 5.91 Å². The zero-order valence-electron chi connectivity index (χ0n) is 10.0. The fourth-order valence-corrected chi connectivity index (χ4v) is 1.83. The minimum Gasteiger partial charge on any atom is -0.288 e. The number of allylic oxidation sites excluding steroid dienone is 1. The molecule has 0 radical (unpaired) electrons. The zero-order chi connectivity index (χ0) is 11.8. The minimum absolute atomic E-state index is 0.0156. The molecule has 0 saturated heterocycles. The summed E-state index contributed by atoms with van der Waals surface area (Å²) >= 11 is 0. The Kier molecular flexibility index (Phi) is 2.58. The van der Waals surface area contributed by atoms with E-state index >= 15 is 0 Å². The predicted octanol–water partition coefficient (Wildman–Crippen LogP) is 3.27. The van der Waals surface area contributed by atoms with Crippen molar-refractivity contribution < 1.29 is 4.79 Å². The van der Waals surface area contributed by atoms with Crippen LogP contribution >= 0.6 is 0 Å². The summed E-state index contributed by atoms with van der Waals surface area (Å²) in [7, 11) is 0. The molecule has 1 aliphatic heterocycles. The number of anilines is 1. The molecule has 1 aromatic rings. The highest BCUT2D eigenvalue weighted by molar-refractivity contribution is 5.96. The molecule has 0 spiro atoms. The first kappa shape index (κ1) is 10.9. The summed E-state index contributed by atoms with van der Waals surface area (Å²) in [6, 6.07) is 8.01. The van der Waals surface area contributed by atoms with Gasteiger partial charge in [0.15, 0.2) is 0 Å². The van der Waals surface area contributed by atoms with Crippen LogP contribution in [0.3, 0.4) is 0 Å². The van der Waals surface area contributed by atoms with Crippen molar-refractivity contribution in [1.82, 2.24) is 0 Å². The van der Waals surface area contributed by atoms with Crippen LogP contribution in [0.1, 0.15) is 25.8 Å². The Labute approximate surface area is 96.6 Å². The summed E-state index contributed by atoms with van der Waals surface area (Å²) in [5, 5.41) is 0. The average Bonchev–Trinajstić information content (AvgIpc) is 2.19. The van der Waals surface area contributed by atoms with E-state index in [1.165, 1.54) is 5.56 Å². The van der Waals surface area contributed by atoms with Gasteiger partial charge in [0, 0.05) is 18.3 Å². The highest BCUT2D eigenvalue weighted by Crippen LogP contribution is 2.30. The van der Waals surface area contributed by atoms with Crippen LogP contribution in [0, 0.1) is 12.3 Å². The Morgan fingerprint density at radius 3 is 2.38 bits per heavy atom. The van der Waals surface area contributed by atoms with Crippen LogP contribution in [0.4, 0.5) is 5.69 Å². The smallest absolute Gasteiger partial charge is 0.231 e. The van der Waals surface area contributed by atoms with Gasteiger partial charge >= 0.3 is 0 Å². The first-order valence-corrected chi connectivity index (χ1v) is 5.56. The number of carbonyl (C=O) groups excluding carboxylic acids is 1. The van der Waals surface area contributed by atoms with E-state index in [2.05, 4.69) is 19.9 Å². The van der Waals surface area contributed by atoms with E-state index in [1.54, 1.807) is 4.90 Å². The monoisotopic (exact) mass is 215 g/mol. The molecule has 0 atom stereocenters. The van der Waals surface area contributed by atoms with Crippen molar-refractivity contribution >= 4 is 11.6 Å². The molecule has 0 N–H and O–H groups in total. The van der Waals surface area contributed by atoms with Gasteiger partial charge in [-0.15, -0.1) is 0 Å². The molecule has 2 nitrogen and oxygen atoms in total. The summed E-state index contributed by atoms with van der Waals surface area (Å²) in [6.45, 7) is 6.20. The molecule has 0 unspecified atom stereocenters. The first-order chi connectivity index (χ1) is 7.48. The van der Waals surface area contributed by atoms with E-state index in [0.717, 1.165) is 5.69 Å². The van der Waals surface area contributed by atoms with Crippen molar-refractivity contribution in [2.45, 2.75) is 27.2 Å². The lowest BCUT2D eigenvalue weighted by Crippen LogP contribution is -2.33. The fourth-order valence-electron chi connectivity index (χ4n) is 1.83. The number of nitrogens with zero attached hydrogens (tertiary/aromatic N) is 1. The van der Waals surface area contributed by atoms with Gasteiger partial charge in [0.05, 0.1) is 0 Å². The number of carbonyl (C=O) groups is 1. The third-order valence-corrected chi connectivity index (χ3v) is 2.86. The van der Waals surface area contributed by atoms with E-state index in [9.17, 15) is 4.79 Å². The standard InChI is InChI=1S/C14H17NO/c1-11-4-6-12(7-5-11)15-9-8-14(2,3)10-13(15)16/h4-9H,10H2,1-3H3. The lowest BCUT2D eigenvalue weighted by atomic mass is 9.86. The Morgan fingerprint density at radius 2 is 1.81 bits per heavy atom. The molecule has 1 amide bonds. The molecule has 16 heavy (non-hydrogen) atoms. The van der Waals surface area contributed by atoms with Crippen molar-refractivity contribution in [3.8, 4) is 0 Å². The van der Waals surface area contributed by atoms with Crippen molar-refractivity contribution in [3.05, 3.63) is 42.1 Å². The molecule has 2 rings (SSSR count). The lowest BCUT2D eigenvalue weighted by Gasteiger charge is -2.30. The number of aryl methyl sites for hydroxylation is 1. The van der Waals surface area contributed by atoms with Crippen LogP contribution in [0.25, 0.3) is 0 Å². The Bertz CT molecular complexity index is 429. The normalized spacial score (nSPS) is 18.9. The average molecular weight is 215 g/mol. The van der Waals surface area contributed by atoms with Gasteiger partial charge in [-0.1, -0.05) is 37.6 Å². The second-order valence-electron chi connectivity index (χ2n) is 5.08. The molecular weight excluding hydrogens is 198 g/mol. The summed E-state index contributed by atoms with van der Waals surface area (Å²) in [5.74, 6) is 0.163. The topological polar surface area (TPSA) is 20.3 Å². The molecule has 2 heteroatoms. The Morgan fingerprint density at radius 1 is 1.19 bits per heavy atom. The predicted molar refractivity (Wildman–Crippen MR) is 66.2 cm³/mol. The van der Waals surface area contributed by atoms with Crippen LogP contribution in [0.15, 0.2) is 36.5 Å². The van der Waals surface area contributed by atoms with Gasteiger partial charge in [-0.25, -0.2) is 0 Å². The van der Waals surface area contributed by atoms with Gasteiger partial charge < -0.3 is 0 Å². The van der Waals surface area contributed by atoms with Gasteiger partial charge in [0.25, 0.3) is 0 Å². The fraction of sp³-hybridized carbons (Fsp3) is 0.357. The number of amides is 1. The molecule has 1 heterocycles. The zero-order valence-corrected chi connectivity index (χ0v) is 10.0. The number of hydrogen-bond acceptors (Lipinski definition) is 1. The second-order valence-corrected chi connectivity index (χ2v) is 5.08. The highest BCUT2D eigenvalue weighted by atomic mass is 16.2. The van der Waals surface area contributed by atoms with Gasteiger partial charge in [0.1, 0.15) is 0 Å². The molecular formula is C14H17NO. The lowest BCUT2D eigenvalue weighted by molar-refractivity contribution is -0.119. The van der Waals surface area contributed by atoms with Gasteiger partial charge in [-0.2, -0.15) is 0 Å². The third kappa shape index (κ3) is 2.16. The molecule has 0 fully saturated rings. The van der Waals surface area contributed by atoms with Crippen LogP contribution in [-0.4, -0.2) is 5.91 Å². The van der Waals surface area contributed by atoms with Gasteiger partial charge in [-0.3, -0.25) is 9.69 Å². The summed E-state index contributed by atoms with van der Waals surface area (Å²) in [6.07, 6.45) is 4.54. The summed E-state index contributed by atoms with van der Waals surface area (Å²) in [4.78, 5) is 13.7. The van der Waals surface area contributed by atoms with E-state index in [1.807, 2.05) is 37.4 Å². The summed E-state index contributed by atoms with van der Waals surface area (Å²) in [5.41, 5.74) is 2.14. The molecule has 0 aliphatic carbocycles. The van der Waals surface area contributed by atoms with Crippen LogP contribution in [-0.2, 0) is 4.79 Å². The second kappa shape index (κ2) is 3.78. The molecule has 1 aliphatic rings. The Balaban J connectivity index is 2.29. The van der Waals surface area contributed by atoms with Crippen molar-refractivity contribution in [2.75, 3.05) is 4.90 Å². The van der Waals surface area contributed by atoms with E-state index in [4.69, 9.17) is 0 Å². The SMILES string of the molecule is Cc1ccc(N2C=CC(C)(C)CC2=O)cc1. The maximum atomic E-state index is 12.0. The molecule has 84 valence electrons. The minimum atomic E-state index is -0.0156. The van der Waals surface area contributed by atoms with Crippen LogP contribution in [0.2, 0.25) is 0 Å². The van der Waals surface area contributed by atoms with E-state index < -0.39 is 0 Å². The largest absolute Gasteiger partial charge is 0.288 e. The molecule has 0 aromatic heterocycles. The quantitative estimate of drug-likeness (QED) is 0.704. The number of benzene rings is 1. The van der Waals surface area contributed by atoms with Crippen LogP contribution < -0.4 is 4.90 Å². The molecule has 0 saturated carbocycles. The maximum absolute atomic E-state index is 12.0. The van der Waals surface area contributed by atoms with E-state index in [-0.39, 0.29) is 11.3 Å². The van der Waals surface area contributed by atoms with Crippen molar-refractivity contribution in [3.63, 3.8) is 0 Å². The molecule has 1 aromatic carbocycles. The number of hydrogen-bond donors (Lipinski definition) is 0. The van der Waals surface area contributed by atoms with Crippen molar-refractivity contribution in [2.24, 2.45) is 5.41 Å². The van der Waals surface area contributed by atoms with E-state index in [0.29, 0.717) is 6.42 Å². The highest BCUT2D eigenvalue weighted by Gasteiger charge is 2.27. The maximum Gasteiger partial charge on any atom is 0.231 e.